The highest BCUT2D eigenvalue weighted by atomic mass is 79.9. The van der Waals surface area contributed by atoms with Gasteiger partial charge in [0.25, 0.3) is 0 Å². The summed E-state index contributed by atoms with van der Waals surface area (Å²) in [6.45, 7) is 2.64. The van der Waals surface area contributed by atoms with Gasteiger partial charge in [0.05, 0.1) is 10.7 Å². The van der Waals surface area contributed by atoms with Gasteiger partial charge in [-0.15, -0.1) is 0 Å². The lowest BCUT2D eigenvalue weighted by molar-refractivity contribution is -0.143. The number of unbranched alkanes of at least 4 members (excludes halogenated alkanes) is 1. The lowest BCUT2D eigenvalue weighted by atomic mass is 10.1. The average Bonchev–Trinajstić information content (AvgIpc) is 2.29. The Morgan fingerprint density at radius 1 is 1.24 bits per heavy atom. The van der Waals surface area contributed by atoms with Crippen LogP contribution in [0.2, 0.25) is 0 Å². The van der Waals surface area contributed by atoms with Crippen LogP contribution in [0.3, 0.4) is 0 Å². The van der Waals surface area contributed by atoms with E-state index in [1.54, 1.807) is 0 Å². The van der Waals surface area contributed by atoms with Crippen LogP contribution in [0, 0.1) is 0 Å². The Morgan fingerprint density at radius 2 is 1.88 bits per heavy atom. The molecule has 0 fully saturated rings. The SMILES string of the molecule is CCCCC(S)(S)CCCOC(=O)CCCBr. The number of carbonyl (C=O) groups is 1. The van der Waals surface area contributed by atoms with E-state index in [-0.39, 0.29) is 10.0 Å². The molecule has 0 bridgehead atoms. The molecule has 0 aromatic carbocycles. The predicted octanol–water partition coefficient (Wildman–Crippen LogP) is 4.23. The zero-order valence-electron chi connectivity index (χ0n) is 10.5. The van der Waals surface area contributed by atoms with Crippen molar-refractivity contribution in [3.8, 4) is 0 Å². The first-order valence-corrected chi connectivity index (χ1v) is 8.20. The monoisotopic (exact) mass is 342 g/mol. The van der Waals surface area contributed by atoms with Crippen LogP contribution < -0.4 is 0 Å². The third-order valence-electron chi connectivity index (χ3n) is 2.43. The van der Waals surface area contributed by atoms with Crippen molar-refractivity contribution in [3.63, 3.8) is 0 Å². The first kappa shape index (κ1) is 17.6. The molecule has 0 N–H and O–H groups in total. The van der Waals surface area contributed by atoms with Crippen molar-refractivity contribution in [2.24, 2.45) is 0 Å². The molecule has 0 aliphatic carbocycles. The molecule has 0 heterocycles. The van der Waals surface area contributed by atoms with E-state index in [1.165, 1.54) is 0 Å². The van der Waals surface area contributed by atoms with Crippen LogP contribution in [0.15, 0.2) is 0 Å². The fourth-order valence-corrected chi connectivity index (χ4v) is 2.32. The molecule has 0 aliphatic heterocycles. The van der Waals surface area contributed by atoms with Gasteiger partial charge >= 0.3 is 5.97 Å². The second-order valence-corrected chi connectivity index (χ2v) is 7.06. The largest absolute Gasteiger partial charge is 0.466 e. The summed E-state index contributed by atoms with van der Waals surface area (Å²) in [5, 5.41) is 0.843. The van der Waals surface area contributed by atoms with E-state index >= 15 is 0 Å². The number of rotatable bonds is 10. The highest BCUT2D eigenvalue weighted by Gasteiger charge is 2.18. The zero-order chi connectivity index (χ0) is 13.1. The Bertz CT molecular complexity index is 211. The number of alkyl halides is 1. The van der Waals surface area contributed by atoms with Gasteiger partial charge in [0.1, 0.15) is 0 Å². The summed E-state index contributed by atoms with van der Waals surface area (Å²) in [7, 11) is 0. The van der Waals surface area contributed by atoms with Crippen LogP contribution in [0.4, 0.5) is 0 Å². The van der Waals surface area contributed by atoms with Crippen molar-refractivity contribution in [3.05, 3.63) is 0 Å². The quantitative estimate of drug-likeness (QED) is 0.204. The van der Waals surface area contributed by atoms with Crippen LogP contribution in [0.1, 0.15) is 51.9 Å². The number of esters is 1. The molecule has 0 aliphatic rings. The Balaban J connectivity index is 3.52. The molecule has 0 rings (SSSR count). The minimum absolute atomic E-state index is 0.109. The van der Waals surface area contributed by atoms with Crippen LogP contribution in [-0.2, 0) is 9.53 Å². The van der Waals surface area contributed by atoms with E-state index in [2.05, 4.69) is 48.1 Å². The maximum atomic E-state index is 11.2. The third kappa shape index (κ3) is 11.5. The van der Waals surface area contributed by atoms with Gasteiger partial charge in [0.2, 0.25) is 0 Å². The summed E-state index contributed by atoms with van der Waals surface area (Å²) in [6.07, 6.45) is 6.31. The molecule has 17 heavy (non-hydrogen) atoms. The average molecular weight is 343 g/mol. The van der Waals surface area contributed by atoms with Crippen molar-refractivity contribution < 1.29 is 9.53 Å². The van der Waals surface area contributed by atoms with Gasteiger partial charge in [-0.05, 0) is 25.7 Å². The molecule has 0 saturated heterocycles. The van der Waals surface area contributed by atoms with Gasteiger partial charge in [-0.25, -0.2) is 0 Å². The molecule has 0 aromatic heterocycles. The van der Waals surface area contributed by atoms with Gasteiger partial charge in [-0.1, -0.05) is 35.7 Å². The summed E-state index contributed by atoms with van der Waals surface area (Å²) in [5.74, 6) is -0.109. The minimum atomic E-state index is -0.224. The number of halogens is 1. The normalized spacial score (nSPS) is 11.5. The van der Waals surface area contributed by atoms with E-state index in [9.17, 15) is 4.79 Å². The number of hydrogen-bond donors (Lipinski definition) is 2. The maximum Gasteiger partial charge on any atom is 0.305 e. The number of carbonyl (C=O) groups excluding carboxylic acids is 1. The van der Waals surface area contributed by atoms with Crippen LogP contribution >= 0.6 is 41.2 Å². The Labute approximate surface area is 124 Å². The highest BCUT2D eigenvalue weighted by Crippen LogP contribution is 2.31. The van der Waals surface area contributed by atoms with Crippen LogP contribution in [-0.4, -0.2) is 22.0 Å². The molecule has 0 saturated carbocycles. The lowest BCUT2D eigenvalue weighted by Gasteiger charge is -2.22. The molecule has 2 nitrogen and oxygen atoms in total. The van der Waals surface area contributed by atoms with E-state index in [1.807, 2.05) is 0 Å². The van der Waals surface area contributed by atoms with Gasteiger partial charge < -0.3 is 4.74 Å². The van der Waals surface area contributed by atoms with E-state index in [4.69, 9.17) is 4.74 Å². The molecule has 0 spiro atoms. The van der Waals surface area contributed by atoms with Crippen LogP contribution in [0.5, 0.6) is 0 Å². The van der Waals surface area contributed by atoms with Crippen molar-refractivity contribution in [2.45, 2.75) is 55.9 Å². The van der Waals surface area contributed by atoms with Crippen molar-refractivity contribution >= 4 is 47.2 Å². The van der Waals surface area contributed by atoms with Gasteiger partial charge in [-0.2, -0.15) is 25.3 Å². The number of ether oxygens (including phenoxy) is 1. The maximum absolute atomic E-state index is 11.2. The number of hydrogen-bond acceptors (Lipinski definition) is 4. The molecule has 0 amide bonds. The zero-order valence-corrected chi connectivity index (χ0v) is 13.8. The minimum Gasteiger partial charge on any atom is -0.466 e. The third-order valence-corrected chi connectivity index (χ3v) is 3.88. The van der Waals surface area contributed by atoms with Crippen molar-refractivity contribution in [2.75, 3.05) is 11.9 Å². The highest BCUT2D eigenvalue weighted by molar-refractivity contribution is 9.09. The van der Waals surface area contributed by atoms with Crippen LogP contribution in [0.25, 0.3) is 0 Å². The molecule has 102 valence electrons. The predicted molar refractivity (Wildman–Crippen MR) is 83.4 cm³/mol. The Hall–Kier alpha value is 0.650. The van der Waals surface area contributed by atoms with Gasteiger partial charge in [0, 0.05) is 11.8 Å². The topological polar surface area (TPSA) is 26.3 Å². The smallest absolute Gasteiger partial charge is 0.305 e. The summed E-state index contributed by atoms with van der Waals surface area (Å²) in [6, 6.07) is 0. The first-order chi connectivity index (χ1) is 8.02. The molecular weight excluding hydrogens is 320 g/mol. The van der Waals surface area contributed by atoms with Crippen molar-refractivity contribution in [1.29, 1.82) is 0 Å². The first-order valence-electron chi connectivity index (χ1n) is 6.18. The number of thiol groups is 2. The van der Waals surface area contributed by atoms with Gasteiger partial charge in [-0.3, -0.25) is 4.79 Å². The molecule has 0 aromatic rings. The second kappa shape index (κ2) is 10.6. The fraction of sp³-hybridized carbons (Fsp3) is 0.917. The Morgan fingerprint density at radius 3 is 2.47 bits per heavy atom. The second-order valence-electron chi connectivity index (χ2n) is 4.20. The van der Waals surface area contributed by atoms with E-state index in [0.29, 0.717) is 13.0 Å². The molecule has 5 heteroatoms. The molecule has 0 atom stereocenters. The summed E-state index contributed by atoms with van der Waals surface area (Å²) in [4.78, 5) is 11.2. The standard InChI is InChI=1S/C12H23BrO2S2/c1-2-3-7-12(16,17)8-5-10-15-11(14)6-4-9-13/h16-17H,2-10H2,1H3. The Kier molecular flexibility index (Phi) is 11.0. The fourth-order valence-electron chi connectivity index (χ4n) is 1.41. The van der Waals surface area contributed by atoms with Crippen molar-refractivity contribution in [1.82, 2.24) is 0 Å². The van der Waals surface area contributed by atoms with Gasteiger partial charge in [0.15, 0.2) is 0 Å². The lowest BCUT2D eigenvalue weighted by Crippen LogP contribution is -2.15. The summed E-state index contributed by atoms with van der Waals surface area (Å²) >= 11 is 12.3. The molecular formula is C12H23BrO2S2. The van der Waals surface area contributed by atoms with E-state index in [0.717, 1.165) is 43.9 Å². The molecule has 0 radical (unpaired) electrons. The van der Waals surface area contributed by atoms with E-state index < -0.39 is 0 Å². The summed E-state index contributed by atoms with van der Waals surface area (Å²) < 4.78 is 4.89. The molecule has 0 unspecified atom stereocenters. The summed E-state index contributed by atoms with van der Waals surface area (Å²) in [5.41, 5.74) is 0.